The minimum absolute atomic E-state index is 0.0243. The summed E-state index contributed by atoms with van der Waals surface area (Å²) in [6.07, 6.45) is 1.35. The van der Waals surface area contributed by atoms with E-state index < -0.39 is 10.0 Å². The lowest BCUT2D eigenvalue weighted by molar-refractivity contribution is 0.414. The molecule has 0 saturated carbocycles. The fourth-order valence-corrected chi connectivity index (χ4v) is 4.04. The molecule has 0 bridgehead atoms. The maximum atomic E-state index is 12.6. The standard InChI is InChI=1S/C16H16N4O4S2/c1-10-7-14(21)15(25-16-17-9-18-19-16)8-13(10)20-26(22,23)12-5-3-11(24-2)4-6-12/h3-9,20-21H,1-2H3,(H,17,18,19). The van der Waals surface area contributed by atoms with Crippen molar-refractivity contribution >= 4 is 27.5 Å². The van der Waals surface area contributed by atoms with Crippen molar-refractivity contribution in [2.24, 2.45) is 0 Å². The summed E-state index contributed by atoms with van der Waals surface area (Å²) in [7, 11) is -2.28. The highest BCUT2D eigenvalue weighted by molar-refractivity contribution is 7.99. The van der Waals surface area contributed by atoms with Crippen molar-refractivity contribution in [1.82, 2.24) is 15.2 Å². The first kappa shape index (κ1) is 18.1. The smallest absolute Gasteiger partial charge is 0.261 e. The molecule has 136 valence electrons. The number of rotatable bonds is 6. The van der Waals surface area contributed by atoms with Gasteiger partial charge in [-0.25, -0.2) is 13.4 Å². The minimum atomic E-state index is -3.78. The zero-order valence-electron chi connectivity index (χ0n) is 13.9. The average molecular weight is 392 g/mol. The van der Waals surface area contributed by atoms with Crippen LogP contribution in [-0.4, -0.2) is 35.8 Å². The van der Waals surface area contributed by atoms with Crippen LogP contribution in [0, 0.1) is 6.92 Å². The van der Waals surface area contributed by atoms with Gasteiger partial charge in [0, 0.05) is 0 Å². The first-order chi connectivity index (χ1) is 12.4. The van der Waals surface area contributed by atoms with Gasteiger partial charge < -0.3 is 9.84 Å². The Morgan fingerprint density at radius 1 is 1.23 bits per heavy atom. The molecule has 3 N–H and O–H groups in total. The number of aromatic amines is 1. The van der Waals surface area contributed by atoms with Crippen LogP contribution >= 0.6 is 11.8 Å². The number of anilines is 1. The Morgan fingerprint density at radius 3 is 2.58 bits per heavy atom. The SMILES string of the molecule is COc1ccc(S(=O)(=O)Nc2cc(Sc3ncn[nH]3)c(O)cc2C)cc1. The third kappa shape index (κ3) is 3.92. The number of ether oxygens (including phenoxy) is 1. The molecule has 0 amide bonds. The van der Waals surface area contributed by atoms with E-state index in [1.165, 1.54) is 31.6 Å². The van der Waals surface area contributed by atoms with Crippen LogP contribution in [0.2, 0.25) is 0 Å². The van der Waals surface area contributed by atoms with Crippen molar-refractivity contribution < 1.29 is 18.3 Å². The quantitative estimate of drug-likeness (QED) is 0.552. The highest BCUT2D eigenvalue weighted by Gasteiger charge is 2.17. The molecule has 0 aliphatic heterocycles. The monoisotopic (exact) mass is 392 g/mol. The molecular formula is C16H16N4O4S2. The van der Waals surface area contributed by atoms with Crippen LogP contribution in [-0.2, 0) is 10.0 Å². The number of H-pyrrole nitrogens is 1. The van der Waals surface area contributed by atoms with E-state index in [0.29, 0.717) is 27.1 Å². The van der Waals surface area contributed by atoms with Crippen molar-refractivity contribution in [1.29, 1.82) is 0 Å². The normalized spacial score (nSPS) is 11.3. The number of aromatic nitrogens is 3. The summed E-state index contributed by atoms with van der Waals surface area (Å²) in [4.78, 5) is 4.53. The van der Waals surface area contributed by atoms with E-state index in [0.717, 1.165) is 11.8 Å². The number of aryl methyl sites for hydroxylation is 1. The van der Waals surface area contributed by atoms with Crippen LogP contribution in [0.1, 0.15) is 5.56 Å². The van der Waals surface area contributed by atoms with E-state index in [9.17, 15) is 13.5 Å². The number of nitrogens with one attached hydrogen (secondary N) is 2. The highest BCUT2D eigenvalue weighted by Crippen LogP contribution is 2.36. The van der Waals surface area contributed by atoms with Crippen LogP contribution in [0.15, 0.2) is 57.7 Å². The molecule has 0 aliphatic carbocycles. The molecule has 0 spiro atoms. The number of methoxy groups -OCH3 is 1. The van der Waals surface area contributed by atoms with Crippen LogP contribution in [0.25, 0.3) is 0 Å². The summed E-state index contributed by atoms with van der Waals surface area (Å²) in [5.41, 5.74) is 0.946. The lowest BCUT2D eigenvalue weighted by Crippen LogP contribution is -2.13. The molecule has 26 heavy (non-hydrogen) atoms. The Bertz CT molecular complexity index is 1000. The molecule has 3 aromatic rings. The molecular weight excluding hydrogens is 376 g/mol. The Labute approximate surface area is 154 Å². The Kier molecular flexibility index (Phi) is 5.05. The van der Waals surface area contributed by atoms with Gasteiger partial charge in [0.2, 0.25) is 0 Å². The van der Waals surface area contributed by atoms with Gasteiger partial charge in [-0.05, 0) is 60.6 Å². The number of nitrogens with zero attached hydrogens (tertiary/aromatic N) is 2. The van der Waals surface area contributed by atoms with Gasteiger partial charge in [-0.3, -0.25) is 9.82 Å². The molecule has 1 heterocycles. The van der Waals surface area contributed by atoms with E-state index in [1.807, 2.05) is 0 Å². The highest BCUT2D eigenvalue weighted by atomic mass is 32.2. The first-order valence-electron chi connectivity index (χ1n) is 7.43. The van der Waals surface area contributed by atoms with Crippen molar-refractivity contribution in [2.45, 2.75) is 21.9 Å². The summed E-state index contributed by atoms with van der Waals surface area (Å²) in [5.74, 6) is 0.590. The van der Waals surface area contributed by atoms with Gasteiger partial charge in [0.05, 0.1) is 22.6 Å². The Hall–Kier alpha value is -2.72. The Morgan fingerprint density at radius 2 is 1.96 bits per heavy atom. The number of benzene rings is 2. The van der Waals surface area contributed by atoms with Gasteiger partial charge in [0.1, 0.15) is 17.8 Å². The van der Waals surface area contributed by atoms with Crippen LogP contribution in [0.3, 0.4) is 0 Å². The molecule has 0 aliphatic rings. The van der Waals surface area contributed by atoms with Gasteiger partial charge in [-0.2, -0.15) is 5.10 Å². The van der Waals surface area contributed by atoms with Crippen LogP contribution in [0.4, 0.5) is 5.69 Å². The van der Waals surface area contributed by atoms with Crippen molar-refractivity contribution in [3.8, 4) is 11.5 Å². The molecule has 0 atom stereocenters. The maximum absolute atomic E-state index is 12.6. The molecule has 10 heteroatoms. The number of aromatic hydroxyl groups is 1. The molecule has 0 radical (unpaired) electrons. The maximum Gasteiger partial charge on any atom is 0.261 e. The summed E-state index contributed by atoms with van der Waals surface area (Å²) in [6.45, 7) is 1.70. The lowest BCUT2D eigenvalue weighted by atomic mass is 10.2. The largest absolute Gasteiger partial charge is 0.507 e. The van der Waals surface area contributed by atoms with Crippen LogP contribution < -0.4 is 9.46 Å². The van der Waals surface area contributed by atoms with Gasteiger partial charge >= 0.3 is 0 Å². The number of phenolic OH excluding ortho intramolecular Hbond substituents is 1. The van der Waals surface area contributed by atoms with Crippen molar-refractivity contribution in [3.63, 3.8) is 0 Å². The van der Waals surface area contributed by atoms with E-state index in [1.54, 1.807) is 25.1 Å². The first-order valence-corrected chi connectivity index (χ1v) is 9.73. The van der Waals surface area contributed by atoms with Crippen molar-refractivity contribution in [2.75, 3.05) is 11.8 Å². The van der Waals surface area contributed by atoms with Gasteiger partial charge in [-0.15, -0.1) is 0 Å². The molecule has 2 aromatic carbocycles. The number of sulfonamides is 1. The third-order valence-electron chi connectivity index (χ3n) is 3.52. The second-order valence-corrected chi connectivity index (χ2v) is 8.02. The van der Waals surface area contributed by atoms with Gasteiger partial charge in [0.25, 0.3) is 10.0 Å². The van der Waals surface area contributed by atoms with Crippen molar-refractivity contribution in [3.05, 3.63) is 48.3 Å². The molecule has 3 rings (SSSR count). The summed E-state index contributed by atoms with van der Waals surface area (Å²) in [5, 5.41) is 17.0. The number of hydrogen-bond donors (Lipinski definition) is 3. The second-order valence-electron chi connectivity index (χ2n) is 5.31. The minimum Gasteiger partial charge on any atom is -0.507 e. The average Bonchev–Trinajstić information content (AvgIpc) is 3.12. The lowest BCUT2D eigenvalue weighted by Gasteiger charge is -2.13. The Balaban J connectivity index is 1.90. The predicted octanol–water partition coefficient (Wildman–Crippen LogP) is 2.78. The fourth-order valence-electron chi connectivity index (χ4n) is 2.17. The topological polar surface area (TPSA) is 117 Å². The second kappa shape index (κ2) is 7.26. The van der Waals surface area contributed by atoms with E-state index >= 15 is 0 Å². The van der Waals surface area contributed by atoms with E-state index in [4.69, 9.17) is 4.74 Å². The van der Waals surface area contributed by atoms with E-state index in [-0.39, 0.29) is 10.6 Å². The predicted molar refractivity (Wildman–Crippen MR) is 97.2 cm³/mol. The molecule has 8 nitrogen and oxygen atoms in total. The fraction of sp³-hybridized carbons (Fsp3) is 0.125. The molecule has 0 unspecified atom stereocenters. The van der Waals surface area contributed by atoms with Gasteiger partial charge in [-0.1, -0.05) is 0 Å². The molecule has 0 saturated heterocycles. The van der Waals surface area contributed by atoms with E-state index in [2.05, 4.69) is 19.9 Å². The molecule has 1 aromatic heterocycles. The summed E-state index contributed by atoms with van der Waals surface area (Å²) >= 11 is 1.14. The zero-order chi connectivity index (χ0) is 18.7. The number of hydrogen-bond acceptors (Lipinski definition) is 7. The molecule has 0 fully saturated rings. The number of phenols is 1. The summed E-state index contributed by atoms with van der Waals surface area (Å²) < 4.78 is 32.8. The van der Waals surface area contributed by atoms with Gasteiger partial charge in [0.15, 0.2) is 5.16 Å². The third-order valence-corrected chi connectivity index (χ3v) is 5.84. The zero-order valence-corrected chi connectivity index (χ0v) is 15.6. The van der Waals surface area contributed by atoms with Crippen LogP contribution in [0.5, 0.6) is 11.5 Å². The summed E-state index contributed by atoms with van der Waals surface area (Å²) in [6, 6.07) is 9.11.